The molecule has 1 atom stereocenters. The summed E-state index contributed by atoms with van der Waals surface area (Å²) in [5, 5.41) is 16.9. The molecule has 0 heterocycles. The Balaban J connectivity index is 3.22. The predicted octanol–water partition coefficient (Wildman–Crippen LogP) is 3.60. The van der Waals surface area contributed by atoms with Gasteiger partial charge >= 0.3 is 0 Å². The van der Waals surface area contributed by atoms with Crippen LogP contribution in [0.2, 0.25) is 0 Å². The van der Waals surface area contributed by atoms with Gasteiger partial charge in [-0.15, -0.1) is 0 Å². The number of allylic oxidation sites excluding steroid dienone is 1. The molecule has 1 aromatic rings. The van der Waals surface area contributed by atoms with Crippen molar-refractivity contribution < 1.29 is 17.6 Å². The molecule has 0 amide bonds. The van der Waals surface area contributed by atoms with Crippen LogP contribution in [-0.4, -0.2) is 0 Å². The zero-order valence-corrected chi connectivity index (χ0v) is 11.8. The van der Waals surface area contributed by atoms with E-state index >= 15 is 0 Å². The van der Waals surface area contributed by atoms with Crippen LogP contribution in [0.15, 0.2) is 11.8 Å². The normalized spacial score (nSPS) is 11.1. The average Bonchev–Trinajstić information content (AvgIpc) is 2.52. The lowest BCUT2D eigenvalue weighted by molar-refractivity contribution is 0.431. The van der Waals surface area contributed by atoms with Gasteiger partial charge in [0.05, 0.1) is 0 Å². The SMILES string of the molecule is CCC(C)c1c(F)c(F)c(NNC=C(C#N)C#N)c(F)c1F. The van der Waals surface area contributed by atoms with Gasteiger partial charge in [0.25, 0.3) is 0 Å². The first kappa shape index (κ1) is 17.3. The van der Waals surface area contributed by atoms with Crippen molar-refractivity contribution in [3.63, 3.8) is 0 Å². The summed E-state index contributed by atoms with van der Waals surface area (Å²) in [6.07, 6.45) is 1.10. The molecule has 0 radical (unpaired) electrons. The van der Waals surface area contributed by atoms with E-state index in [1.165, 1.54) is 19.1 Å². The number of nitrogens with one attached hydrogen (secondary N) is 2. The van der Waals surface area contributed by atoms with E-state index < -0.39 is 46.0 Å². The van der Waals surface area contributed by atoms with Crippen molar-refractivity contribution in [1.82, 2.24) is 5.43 Å². The van der Waals surface area contributed by atoms with E-state index in [1.54, 1.807) is 6.92 Å². The maximum Gasteiger partial charge on any atom is 0.187 e. The standard InChI is InChI=1S/C14H12F4N4/c1-3-7(2)9-10(15)12(17)14(13(18)11(9)16)22-21-6-8(4-19)5-20/h6-7,21-22H,3H2,1-2H3. The van der Waals surface area contributed by atoms with Gasteiger partial charge in [0.1, 0.15) is 23.4 Å². The summed E-state index contributed by atoms with van der Waals surface area (Å²) in [6, 6.07) is 2.97. The van der Waals surface area contributed by atoms with Crippen LogP contribution in [0.4, 0.5) is 23.2 Å². The van der Waals surface area contributed by atoms with Crippen LogP contribution in [-0.2, 0) is 0 Å². The van der Waals surface area contributed by atoms with Gasteiger partial charge in [-0.3, -0.25) is 5.43 Å². The van der Waals surface area contributed by atoms with Crippen molar-refractivity contribution in [3.8, 4) is 12.1 Å². The fourth-order valence-electron chi connectivity index (χ4n) is 1.67. The number of anilines is 1. The highest BCUT2D eigenvalue weighted by molar-refractivity contribution is 5.50. The summed E-state index contributed by atoms with van der Waals surface area (Å²) in [7, 11) is 0. The Kier molecular flexibility index (Phi) is 5.76. The lowest BCUT2D eigenvalue weighted by atomic mass is 9.96. The molecule has 8 heteroatoms. The minimum atomic E-state index is -1.59. The van der Waals surface area contributed by atoms with Crippen molar-refractivity contribution >= 4 is 5.69 Å². The van der Waals surface area contributed by atoms with E-state index in [-0.39, 0.29) is 0 Å². The van der Waals surface area contributed by atoms with E-state index in [2.05, 4.69) is 0 Å². The van der Waals surface area contributed by atoms with Gasteiger partial charge in [-0.25, -0.2) is 17.6 Å². The quantitative estimate of drug-likeness (QED) is 0.377. The van der Waals surface area contributed by atoms with E-state index in [0.29, 0.717) is 6.42 Å². The van der Waals surface area contributed by atoms with Crippen molar-refractivity contribution in [2.75, 3.05) is 5.43 Å². The number of nitriles is 2. The Hall–Kier alpha value is -2.74. The van der Waals surface area contributed by atoms with Crippen LogP contribution in [0, 0.1) is 45.9 Å². The fourth-order valence-corrected chi connectivity index (χ4v) is 1.67. The molecule has 0 aliphatic rings. The highest BCUT2D eigenvalue weighted by Gasteiger charge is 2.27. The van der Waals surface area contributed by atoms with Crippen LogP contribution in [0.1, 0.15) is 31.7 Å². The van der Waals surface area contributed by atoms with E-state index in [1.807, 2.05) is 10.9 Å². The number of rotatable bonds is 5. The van der Waals surface area contributed by atoms with Gasteiger partial charge in [-0.05, 0) is 12.3 Å². The summed E-state index contributed by atoms with van der Waals surface area (Å²) in [4.78, 5) is 0. The second-order valence-electron chi connectivity index (χ2n) is 4.40. The van der Waals surface area contributed by atoms with Gasteiger partial charge in [0, 0.05) is 11.8 Å². The van der Waals surface area contributed by atoms with Gasteiger partial charge in [-0.1, -0.05) is 13.8 Å². The molecule has 2 N–H and O–H groups in total. The molecule has 0 aliphatic carbocycles. The molecule has 0 aliphatic heterocycles. The third-order valence-electron chi connectivity index (χ3n) is 3.06. The first-order valence-electron chi connectivity index (χ1n) is 6.26. The summed E-state index contributed by atoms with van der Waals surface area (Å²) in [5.41, 5.74) is 1.79. The number of hydrogen-bond acceptors (Lipinski definition) is 4. The lowest BCUT2D eigenvalue weighted by Gasteiger charge is -2.16. The average molecular weight is 312 g/mol. The van der Waals surface area contributed by atoms with Crippen LogP contribution in [0.25, 0.3) is 0 Å². The van der Waals surface area contributed by atoms with E-state index in [0.717, 1.165) is 6.20 Å². The molecule has 0 saturated carbocycles. The zero-order valence-electron chi connectivity index (χ0n) is 11.8. The molecular formula is C14H12F4N4. The largest absolute Gasteiger partial charge is 0.306 e. The van der Waals surface area contributed by atoms with Crippen molar-refractivity contribution in [2.24, 2.45) is 0 Å². The Bertz CT molecular complexity index is 641. The molecular weight excluding hydrogens is 300 g/mol. The highest BCUT2D eigenvalue weighted by Crippen LogP contribution is 2.33. The summed E-state index contributed by atoms with van der Waals surface area (Å²) in [5.74, 6) is -6.85. The molecule has 22 heavy (non-hydrogen) atoms. The molecule has 4 nitrogen and oxygen atoms in total. The first-order valence-corrected chi connectivity index (χ1v) is 6.26. The van der Waals surface area contributed by atoms with Crippen LogP contribution >= 0.6 is 0 Å². The van der Waals surface area contributed by atoms with E-state index in [9.17, 15) is 17.6 Å². The lowest BCUT2D eigenvalue weighted by Crippen LogP contribution is -2.20. The van der Waals surface area contributed by atoms with E-state index in [4.69, 9.17) is 10.5 Å². The molecule has 0 fully saturated rings. The number of hydrazine groups is 1. The predicted molar refractivity (Wildman–Crippen MR) is 71.0 cm³/mol. The highest BCUT2D eigenvalue weighted by atomic mass is 19.2. The molecule has 1 aromatic carbocycles. The molecule has 0 saturated heterocycles. The Morgan fingerprint density at radius 3 is 2.00 bits per heavy atom. The first-order chi connectivity index (χ1) is 10.4. The van der Waals surface area contributed by atoms with Crippen molar-refractivity contribution in [3.05, 3.63) is 40.6 Å². The smallest absolute Gasteiger partial charge is 0.187 e. The Labute approximate surface area is 124 Å². The second kappa shape index (κ2) is 7.32. The molecule has 0 spiro atoms. The van der Waals surface area contributed by atoms with Gasteiger partial charge in [-0.2, -0.15) is 10.5 Å². The van der Waals surface area contributed by atoms with Gasteiger partial charge in [0.15, 0.2) is 23.3 Å². The molecule has 0 bridgehead atoms. The Morgan fingerprint density at radius 2 is 1.59 bits per heavy atom. The second-order valence-corrected chi connectivity index (χ2v) is 4.40. The summed E-state index contributed by atoms with van der Waals surface area (Å²) < 4.78 is 55.5. The number of hydrogen-bond donors (Lipinski definition) is 2. The minimum absolute atomic E-state index is 0.300. The zero-order chi connectivity index (χ0) is 16.9. The van der Waals surface area contributed by atoms with Gasteiger partial charge in [0.2, 0.25) is 0 Å². The molecule has 116 valence electrons. The summed E-state index contributed by atoms with van der Waals surface area (Å²) >= 11 is 0. The third-order valence-corrected chi connectivity index (χ3v) is 3.06. The van der Waals surface area contributed by atoms with Crippen LogP contribution < -0.4 is 10.9 Å². The number of benzene rings is 1. The van der Waals surface area contributed by atoms with Crippen molar-refractivity contribution in [2.45, 2.75) is 26.2 Å². The maximum atomic E-state index is 13.9. The Morgan fingerprint density at radius 1 is 1.09 bits per heavy atom. The van der Waals surface area contributed by atoms with Crippen LogP contribution in [0.3, 0.4) is 0 Å². The topological polar surface area (TPSA) is 71.6 Å². The minimum Gasteiger partial charge on any atom is -0.306 e. The van der Waals surface area contributed by atoms with Crippen LogP contribution in [0.5, 0.6) is 0 Å². The van der Waals surface area contributed by atoms with Crippen molar-refractivity contribution in [1.29, 1.82) is 10.5 Å². The molecule has 1 rings (SSSR count). The fraction of sp³-hybridized carbons (Fsp3) is 0.286. The number of halogens is 4. The summed E-state index contributed by atoms with van der Waals surface area (Å²) in [6.45, 7) is 3.07. The molecule has 1 unspecified atom stereocenters. The maximum absolute atomic E-state index is 13.9. The molecule has 0 aromatic heterocycles. The third kappa shape index (κ3) is 3.29. The number of nitrogens with zero attached hydrogens (tertiary/aromatic N) is 2. The monoisotopic (exact) mass is 312 g/mol. The van der Waals surface area contributed by atoms with Gasteiger partial charge < -0.3 is 5.43 Å².